The van der Waals surface area contributed by atoms with Crippen LogP contribution in [0.3, 0.4) is 0 Å². The summed E-state index contributed by atoms with van der Waals surface area (Å²) in [5.41, 5.74) is 0.876. The summed E-state index contributed by atoms with van der Waals surface area (Å²) in [5, 5.41) is 4.98. The molecule has 0 spiro atoms. The first-order valence-electron chi connectivity index (χ1n) is 13.1. The predicted molar refractivity (Wildman–Crippen MR) is 136 cm³/mol. The van der Waals surface area contributed by atoms with Crippen LogP contribution < -0.4 is 10.2 Å². The van der Waals surface area contributed by atoms with E-state index in [4.69, 9.17) is 4.98 Å². The summed E-state index contributed by atoms with van der Waals surface area (Å²) in [5.74, 6) is 1.39. The monoisotopic (exact) mass is 462 g/mol. The number of carbonyl (C=O) groups is 2. The zero-order valence-electron chi connectivity index (χ0n) is 20.6. The zero-order valence-corrected chi connectivity index (χ0v) is 20.6. The number of rotatable bonds is 8. The molecule has 0 radical (unpaired) electrons. The molecule has 1 aromatic heterocycles. The standard InChI is InChI=1S/C28H38N4O2/c1-3-4-9-24(34)26(20(2)33)28-13-12-22(18-28)27(29-19-28)32-16-14-31(15-17-32)25-11-10-21-7-5-6-8-23(21)30-25/h5-8,10-11,22,26-27,29H,3-4,9,12-19H2,1-2H3. The Bertz CT molecular complexity index is 1050. The molecule has 4 unspecified atom stereocenters. The second-order valence-electron chi connectivity index (χ2n) is 10.7. The molecule has 6 nitrogen and oxygen atoms in total. The van der Waals surface area contributed by atoms with Crippen LogP contribution in [-0.4, -0.2) is 60.3 Å². The van der Waals surface area contributed by atoms with E-state index in [0.717, 1.165) is 76.2 Å². The average Bonchev–Trinajstić information content (AvgIpc) is 3.19. The maximum absolute atomic E-state index is 13.0. The molecule has 2 bridgehead atoms. The summed E-state index contributed by atoms with van der Waals surface area (Å²) in [7, 11) is 0. The van der Waals surface area contributed by atoms with Crippen molar-refractivity contribution in [1.29, 1.82) is 0 Å². The van der Waals surface area contributed by atoms with Crippen molar-refractivity contribution in [2.24, 2.45) is 17.3 Å². The van der Waals surface area contributed by atoms with Crippen LogP contribution >= 0.6 is 0 Å². The minimum absolute atomic E-state index is 0.0681. The summed E-state index contributed by atoms with van der Waals surface area (Å²) in [4.78, 5) is 35.4. The number of fused-ring (bicyclic) bond motifs is 3. The third-order valence-electron chi connectivity index (χ3n) is 8.52. The third kappa shape index (κ3) is 4.38. The lowest BCUT2D eigenvalue weighted by molar-refractivity contribution is -0.138. The van der Waals surface area contributed by atoms with Crippen LogP contribution in [0.5, 0.6) is 0 Å². The van der Waals surface area contributed by atoms with E-state index < -0.39 is 5.92 Å². The number of nitrogens with zero attached hydrogens (tertiary/aromatic N) is 3. The molecule has 6 heteroatoms. The maximum Gasteiger partial charge on any atom is 0.143 e. The van der Waals surface area contributed by atoms with Gasteiger partial charge in [0, 0.05) is 44.5 Å². The number of piperidine rings is 1. The number of Topliss-reactive ketones (excluding diaryl/α,β-unsaturated/α-hetero) is 2. The van der Waals surface area contributed by atoms with Gasteiger partial charge in [0.1, 0.15) is 17.4 Å². The van der Waals surface area contributed by atoms with E-state index in [1.807, 2.05) is 6.07 Å². The normalized spacial score (nSPS) is 28.2. The fourth-order valence-corrected chi connectivity index (χ4v) is 6.85. The van der Waals surface area contributed by atoms with Crippen LogP contribution in [-0.2, 0) is 9.59 Å². The van der Waals surface area contributed by atoms with Gasteiger partial charge in [-0.2, -0.15) is 0 Å². The molecular weight excluding hydrogens is 424 g/mol. The Kier molecular flexibility index (Phi) is 6.72. The van der Waals surface area contributed by atoms with Crippen molar-refractivity contribution in [1.82, 2.24) is 15.2 Å². The smallest absolute Gasteiger partial charge is 0.143 e. The van der Waals surface area contributed by atoms with Crippen molar-refractivity contribution in [3.63, 3.8) is 0 Å². The Morgan fingerprint density at radius 1 is 1.15 bits per heavy atom. The molecule has 2 aromatic rings. The van der Waals surface area contributed by atoms with Crippen molar-refractivity contribution < 1.29 is 9.59 Å². The van der Waals surface area contributed by atoms with E-state index in [1.54, 1.807) is 6.92 Å². The van der Waals surface area contributed by atoms with Gasteiger partial charge in [0.25, 0.3) is 0 Å². The fraction of sp³-hybridized carbons (Fsp3) is 0.607. The topological polar surface area (TPSA) is 65.5 Å². The first kappa shape index (κ1) is 23.4. The fourth-order valence-electron chi connectivity index (χ4n) is 6.85. The summed E-state index contributed by atoms with van der Waals surface area (Å²) < 4.78 is 0. The SMILES string of the molecule is CCCCC(=O)C(C(C)=O)C12CCC(C1)C(N1CCN(c3ccc4ccccc4n3)CC1)NC2. The van der Waals surface area contributed by atoms with Gasteiger partial charge in [-0.15, -0.1) is 0 Å². The van der Waals surface area contributed by atoms with Crippen LogP contribution in [0.25, 0.3) is 10.9 Å². The Hall–Kier alpha value is -2.31. The molecule has 1 N–H and O–H groups in total. The first-order chi connectivity index (χ1) is 16.5. The van der Waals surface area contributed by atoms with Gasteiger partial charge in [-0.05, 0) is 62.1 Å². The van der Waals surface area contributed by atoms with Crippen LogP contribution in [0.15, 0.2) is 36.4 Å². The highest BCUT2D eigenvalue weighted by molar-refractivity contribution is 6.02. The number of pyridine rings is 1. The molecule has 0 amide bonds. The van der Waals surface area contributed by atoms with Crippen molar-refractivity contribution in [3.8, 4) is 0 Å². The minimum atomic E-state index is -0.423. The molecule has 2 saturated heterocycles. The number of para-hydroxylation sites is 1. The molecular formula is C28H38N4O2. The van der Waals surface area contributed by atoms with Crippen molar-refractivity contribution in [2.75, 3.05) is 37.6 Å². The largest absolute Gasteiger partial charge is 0.354 e. The summed E-state index contributed by atoms with van der Waals surface area (Å²) >= 11 is 0. The number of unbranched alkanes of at least 4 members (excludes halogenated alkanes) is 1. The molecule has 3 fully saturated rings. The van der Waals surface area contributed by atoms with Gasteiger partial charge in [0.2, 0.25) is 0 Å². The number of benzene rings is 1. The van der Waals surface area contributed by atoms with Gasteiger partial charge in [-0.25, -0.2) is 4.98 Å². The van der Waals surface area contributed by atoms with Crippen molar-refractivity contribution in [2.45, 2.75) is 58.5 Å². The average molecular weight is 463 g/mol. The van der Waals surface area contributed by atoms with Gasteiger partial charge in [-0.1, -0.05) is 31.5 Å². The van der Waals surface area contributed by atoms with Gasteiger partial charge in [-0.3, -0.25) is 14.5 Å². The van der Waals surface area contributed by atoms with Crippen LogP contribution in [0, 0.1) is 17.3 Å². The Labute approximate surface area is 203 Å². The second kappa shape index (κ2) is 9.74. The third-order valence-corrected chi connectivity index (χ3v) is 8.52. The number of anilines is 1. The number of hydrogen-bond acceptors (Lipinski definition) is 6. The lowest BCUT2D eigenvalue weighted by atomic mass is 9.67. The number of nitrogens with one attached hydrogen (secondary N) is 1. The minimum Gasteiger partial charge on any atom is -0.354 e. The summed E-state index contributed by atoms with van der Waals surface area (Å²) in [6, 6.07) is 12.6. The Balaban J connectivity index is 1.22. The van der Waals surface area contributed by atoms with E-state index >= 15 is 0 Å². The molecule has 3 aliphatic rings. The van der Waals surface area contributed by atoms with Gasteiger partial charge in [0.15, 0.2) is 0 Å². The van der Waals surface area contributed by atoms with E-state index in [9.17, 15) is 9.59 Å². The number of hydrogen-bond donors (Lipinski definition) is 1. The van der Waals surface area contributed by atoms with Crippen molar-refractivity contribution >= 4 is 28.3 Å². The number of piperazine rings is 1. The first-order valence-corrected chi connectivity index (χ1v) is 13.1. The van der Waals surface area contributed by atoms with Crippen LogP contribution in [0.1, 0.15) is 52.4 Å². The Morgan fingerprint density at radius 3 is 2.71 bits per heavy atom. The molecule has 182 valence electrons. The van der Waals surface area contributed by atoms with E-state index in [1.165, 1.54) is 5.39 Å². The molecule has 1 aromatic carbocycles. The zero-order chi connectivity index (χ0) is 23.7. The highest BCUT2D eigenvalue weighted by Gasteiger charge is 2.54. The maximum atomic E-state index is 13.0. The van der Waals surface area contributed by atoms with E-state index in [0.29, 0.717) is 18.5 Å². The van der Waals surface area contributed by atoms with Crippen LogP contribution in [0.4, 0.5) is 5.82 Å². The molecule has 1 saturated carbocycles. The predicted octanol–water partition coefficient (Wildman–Crippen LogP) is 4.04. The van der Waals surface area contributed by atoms with Gasteiger partial charge >= 0.3 is 0 Å². The van der Waals surface area contributed by atoms with Gasteiger partial charge < -0.3 is 10.2 Å². The van der Waals surface area contributed by atoms with E-state index in [2.05, 4.69) is 52.4 Å². The quantitative estimate of drug-likeness (QED) is 0.598. The van der Waals surface area contributed by atoms with Crippen molar-refractivity contribution in [3.05, 3.63) is 36.4 Å². The Morgan fingerprint density at radius 2 is 1.94 bits per heavy atom. The lowest BCUT2D eigenvalue weighted by Crippen LogP contribution is -2.61. The molecule has 5 rings (SSSR count). The molecule has 3 heterocycles. The second-order valence-corrected chi connectivity index (χ2v) is 10.7. The lowest BCUT2D eigenvalue weighted by Gasteiger charge is -2.47. The molecule has 4 atom stereocenters. The highest BCUT2D eigenvalue weighted by atomic mass is 16.1. The highest BCUT2D eigenvalue weighted by Crippen LogP contribution is 2.52. The summed E-state index contributed by atoms with van der Waals surface area (Å²) in [6.45, 7) is 8.44. The van der Waals surface area contributed by atoms with Gasteiger partial charge in [0.05, 0.1) is 17.6 Å². The number of aromatic nitrogens is 1. The van der Waals surface area contributed by atoms with Crippen LogP contribution in [0.2, 0.25) is 0 Å². The molecule has 2 aliphatic heterocycles. The van der Waals surface area contributed by atoms with E-state index in [-0.39, 0.29) is 17.0 Å². The molecule has 1 aliphatic carbocycles. The molecule has 34 heavy (non-hydrogen) atoms. The summed E-state index contributed by atoms with van der Waals surface area (Å²) in [6.07, 6.45) is 5.86. The number of ketones is 2. The number of carbonyl (C=O) groups excluding carboxylic acids is 2.